The van der Waals surface area contributed by atoms with Gasteiger partial charge in [0.2, 0.25) is 0 Å². The smallest absolute Gasteiger partial charge is 0.265 e. The van der Waals surface area contributed by atoms with Gasteiger partial charge in [0.1, 0.15) is 11.9 Å². The van der Waals surface area contributed by atoms with Gasteiger partial charge in [0, 0.05) is 16.0 Å². The number of benzene rings is 1. The Hall–Kier alpha value is -1.84. The highest BCUT2D eigenvalue weighted by Crippen LogP contribution is 2.20. The number of hydrogen-bond acceptors (Lipinski definition) is 4. The van der Waals surface area contributed by atoms with Crippen LogP contribution in [-0.4, -0.2) is 5.91 Å². The minimum atomic E-state index is -0.607. The summed E-state index contributed by atoms with van der Waals surface area (Å²) < 4.78 is 13.1. The van der Waals surface area contributed by atoms with E-state index in [1.165, 1.54) is 23.5 Å². The lowest BCUT2D eigenvalue weighted by molar-refractivity contribution is 0.103. The molecule has 0 atom stereocenters. The molecule has 0 spiro atoms. The van der Waals surface area contributed by atoms with Gasteiger partial charge in [-0.1, -0.05) is 0 Å². The number of halogens is 1. The van der Waals surface area contributed by atoms with E-state index in [9.17, 15) is 9.18 Å². The summed E-state index contributed by atoms with van der Waals surface area (Å²) in [6, 6.07) is 7.20. The van der Waals surface area contributed by atoms with Gasteiger partial charge in [0.15, 0.2) is 0 Å². The summed E-state index contributed by atoms with van der Waals surface area (Å²) in [6.45, 7) is 0. The van der Waals surface area contributed by atoms with E-state index >= 15 is 0 Å². The molecule has 0 radical (unpaired) electrons. The minimum Gasteiger partial charge on any atom is -0.321 e. The first-order chi connectivity index (χ1) is 8.60. The number of rotatable bonds is 2. The Bertz CT molecular complexity index is 646. The molecule has 1 heterocycles. The molecule has 0 aliphatic carbocycles. The summed E-state index contributed by atoms with van der Waals surface area (Å²) in [5.74, 6) is -0.917. The lowest BCUT2D eigenvalue weighted by Gasteiger charge is -2.04. The van der Waals surface area contributed by atoms with Crippen LogP contribution < -0.4 is 5.32 Å². The second-order valence-corrected chi connectivity index (χ2v) is 4.86. The molecule has 0 fully saturated rings. The van der Waals surface area contributed by atoms with Crippen LogP contribution >= 0.6 is 24.0 Å². The second-order valence-electron chi connectivity index (χ2n) is 3.43. The molecule has 90 valence electrons. The van der Waals surface area contributed by atoms with Crippen LogP contribution in [0.25, 0.3) is 0 Å². The number of nitrogens with one attached hydrogen (secondary N) is 1. The van der Waals surface area contributed by atoms with Crippen LogP contribution in [-0.2, 0) is 0 Å². The van der Waals surface area contributed by atoms with Crippen molar-refractivity contribution >= 4 is 35.6 Å². The molecule has 0 unspecified atom stereocenters. The monoisotopic (exact) mass is 278 g/mol. The predicted molar refractivity (Wildman–Crippen MR) is 70.6 cm³/mol. The van der Waals surface area contributed by atoms with Crippen LogP contribution in [0.2, 0.25) is 0 Å². The Labute approximate surface area is 112 Å². The first-order valence-corrected chi connectivity index (χ1v) is 6.21. The Morgan fingerprint density at radius 1 is 1.44 bits per heavy atom. The zero-order valence-electron chi connectivity index (χ0n) is 8.98. The zero-order chi connectivity index (χ0) is 13.1. The SMILES string of the molecule is N#Cc1cc(NC(=O)c2cc(S)cs2)ccc1F. The Morgan fingerprint density at radius 2 is 2.22 bits per heavy atom. The summed E-state index contributed by atoms with van der Waals surface area (Å²) in [7, 11) is 0. The van der Waals surface area contributed by atoms with Crippen LogP contribution in [0, 0.1) is 17.1 Å². The number of thiol groups is 1. The van der Waals surface area contributed by atoms with Crippen LogP contribution in [0.15, 0.2) is 34.5 Å². The number of hydrogen-bond donors (Lipinski definition) is 2. The number of amides is 1. The van der Waals surface area contributed by atoms with Crippen LogP contribution in [0.3, 0.4) is 0 Å². The molecule has 0 saturated heterocycles. The third-order valence-corrected chi connectivity index (χ3v) is 3.52. The molecule has 1 N–H and O–H groups in total. The lowest BCUT2D eigenvalue weighted by atomic mass is 10.2. The highest BCUT2D eigenvalue weighted by atomic mass is 32.1. The molecule has 3 nitrogen and oxygen atoms in total. The zero-order valence-corrected chi connectivity index (χ0v) is 10.7. The fraction of sp³-hybridized carbons (Fsp3) is 0. The summed E-state index contributed by atoms with van der Waals surface area (Å²) in [4.78, 5) is 13.0. The van der Waals surface area contributed by atoms with Gasteiger partial charge in [-0.25, -0.2) is 4.39 Å². The maximum absolute atomic E-state index is 13.1. The number of nitriles is 1. The normalized spacial score (nSPS) is 9.83. The topological polar surface area (TPSA) is 52.9 Å². The van der Waals surface area contributed by atoms with E-state index in [-0.39, 0.29) is 11.5 Å². The molecule has 0 saturated carbocycles. The minimum absolute atomic E-state index is 0.103. The van der Waals surface area contributed by atoms with Crippen molar-refractivity contribution in [2.45, 2.75) is 4.90 Å². The number of thiophene rings is 1. The van der Waals surface area contributed by atoms with Crippen LogP contribution in [0.1, 0.15) is 15.2 Å². The van der Waals surface area contributed by atoms with Crippen molar-refractivity contribution in [2.24, 2.45) is 0 Å². The molecular formula is C12H7FN2OS2. The molecule has 6 heteroatoms. The highest BCUT2D eigenvalue weighted by molar-refractivity contribution is 7.80. The highest BCUT2D eigenvalue weighted by Gasteiger charge is 2.10. The summed E-state index contributed by atoms with van der Waals surface area (Å²) >= 11 is 5.37. The second kappa shape index (κ2) is 5.21. The molecule has 1 amide bonds. The number of nitrogens with zero attached hydrogens (tertiary/aromatic N) is 1. The van der Waals surface area contributed by atoms with Crippen LogP contribution in [0.4, 0.5) is 10.1 Å². The summed E-state index contributed by atoms with van der Waals surface area (Å²) in [5, 5.41) is 13.0. The molecule has 1 aromatic carbocycles. The maximum atomic E-state index is 13.1. The van der Waals surface area contributed by atoms with Crippen molar-refractivity contribution in [1.29, 1.82) is 5.26 Å². The van der Waals surface area contributed by atoms with Crippen molar-refractivity contribution in [3.63, 3.8) is 0 Å². The van der Waals surface area contributed by atoms with Gasteiger partial charge >= 0.3 is 0 Å². The summed E-state index contributed by atoms with van der Waals surface area (Å²) in [5.41, 5.74) is 0.279. The van der Waals surface area contributed by atoms with E-state index in [0.717, 1.165) is 6.07 Å². The van der Waals surface area contributed by atoms with Gasteiger partial charge in [0.05, 0.1) is 10.4 Å². The largest absolute Gasteiger partial charge is 0.321 e. The van der Waals surface area contributed by atoms with E-state index in [4.69, 9.17) is 5.26 Å². The van der Waals surface area contributed by atoms with Crippen molar-refractivity contribution in [2.75, 3.05) is 5.32 Å². The van der Waals surface area contributed by atoms with Crippen molar-refractivity contribution in [1.82, 2.24) is 0 Å². The molecule has 0 bridgehead atoms. The van der Waals surface area contributed by atoms with E-state index in [0.29, 0.717) is 15.5 Å². The van der Waals surface area contributed by atoms with E-state index in [2.05, 4.69) is 17.9 Å². The lowest BCUT2D eigenvalue weighted by Crippen LogP contribution is -2.10. The van der Waals surface area contributed by atoms with Gasteiger partial charge in [0.25, 0.3) is 5.91 Å². The Balaban J connectivity index is 2.20. The number of carbonyl (C=O) groups is 1. The number of anilines is 1. The fourth-order valence-corrected chi connectivity index (χ4v) is 2.37. The van der Waals surface area contributed by atoms with Gasteiger partial charge in [-0.2, -0.15) is 5.26 Å². The molecule has 2 rings (SSSR count). The van der Waals surface area contributed by atoms with E-state index < -0.39 is 5.82 Å². The first-order valence-electron chi connectivity index (χ1n) is 4.88. The molecule has 0 aliphatic rings. The molecule has 1 aromatic heterocycles. The standard InChI is InChI=1S/C12H7FN2OS2/c13-10-2-1-8(3-7(10)5-14)15-12(16)11-4-9(17)6-18-11/h1-4,6,17H,(H,15,16). The molecular weight excluding hydrogens is 271 g/mol. The molecule has 2 aromatic rings. The van der Waals surface area contributed by atoms with Gasteiger partial charge in [-0.15, -0.1) is 24.0 Å². The van der Waals surface area contributed by atoms with Crippen molar-refractivity contribution in [3.05, 3.63) is 45.9 Å². The quantitative estimate of drug-likeness (QED) is 0.828. The van der Waals surface area contributed by atoms with Gasteiger partial charge < -0.3 is 5.32 Å². The molecule has 18 heavy (non-hydrogen) atoms. The van der Waals surface area contributed by atoms with Crippen LogP contribution in [0.5, 0.6) is 0 Å². The third-order valence-electron chi connectivity index (χ3n) is 2.15. The van der Waals surface area contributed by atoms with Gasteiger partial charge in [-0.05, 0) is 24.3 Å². The number of carbonyl (C=O) groups excluding carboxylic acids is 1. The summed E-state index contributed by atoms with van der Waals surface area (Å²) in [6.07, 6.45) is 0. The van der Waals surface area contributed by atoms with Crippen molar-refractivity contribution < 1.29 is 9.18 Å². The first kappa shape index (κ1) is 12.6. The predicted octanol–water partition coefficient (Wildman–Crippen LogP) is 3.30. The fourth-order valence-electron chi connectivity index (χ4n) is 1.33. The van der Waals surface area contributed by atoms with Crippen molar-refractivity contribution in [3.8, 4) is 6.07 Å². The third kappa shape index (κ3) is 2.70. The van der Waals surface area contributed by atoms with Gasteiger partial charge in [-0.3, -0.25) is 4.79 Å². The average Bonchev–Trinajstić information content (AvgIpc) is 2.78. The molecule has 0 aliphatic heterocycles. The maximum Gasteiger partial charge on any atom is 0.265 e. The Morgan fingerprint density at radius 3 is 2.83 bits per heavy atom. The Kier molecular flexibility index (Phi) is 3.65. The van der Waals surface area contributed by atoms with E-state index in [1.807, 2.05) is 0 Å². The van der Waals surface area contributed by atoms with E-state index in [1.54, 1.807) is 17.5 Å². The average molecular weight is 278 g/mol.